The summed E-state index contributed by atoms with van der Waals surface area (Å²) in [4.78, 5) is -0.158. The van der Waals surface area contributed by atoms with Gasteiger partial charge in [0.05, 0.1) is 0 Å². The summed E-state index contributed by atoms with van der Waals surface area (Å²) in [5, 5.41) is 0. The van der Waals surface area contributed by atoms with Gasteiger partial charge in [-0.15, -0.1) is 0 Å². The topological polar surface area (TPSA) is 54.4 Å². The molecule has 0 saturated heterocycles. The van der Waals surface area contributed by atoms with Crippen LogP contribution in [0.2, 0.25) is 0 Å². The van der Waals surface area contributed by atoms with E-state index in [1.54, 1.807) is 6.07 Å². The van der Waals surface area contributed by atoms with Gasteiger partial charge in [0.2, 0.25) is 0 Å². The molecule has 0 bridgehead atoms. The Hall–Kier alpha value is 0.310. The minimum absolute atomic E-state index is 0. The van der Waals surface area contributed by atoms with E-state index in [0.29, 0.717) is 8.95 Å². The molecule has 0 amide bonds. The van der Waals surface area contributed by atoms with Crippen LogP contribution in [0.3, 0.4) is 0 Å². The van der Waals surface area contributed by atoms with Crippen LogP contribution in [0.1, 0.15) is 1.43 Å². The molecule has 7 heteroatoms. The Morgan fingerprint density at radius 3 is 2.11 bits per heavy atom. The Labute approximate surface area is 152 Å². The average Bonchev–Trinajstić information content (AvgIpc) is 2.31. The first-order chi connectivity index (χ1) is 8.39. The molecule has 0 saturated carbocycles. The molecular formula is C12H9Br2NaO3S. The van der Waals surface area contributed by atoms with Crippen molar-refractivity contribution in [2.24, 2.45) is 0 Å². The molecule has 0 fully saturated rings. The Bertz CT molecular complexity index is 693. The summed E-state index contributed by atoms with van der Waals surface area (Å²) in [6.07, 6.45) is 0. The smallest absolute Gasteiger partial charge is 1.00 e. The van der Waals surface area contributed by atoms with Gasteiger partial charge in [-0.25, -0.2) is 0 Å². The van der Waals surface area contributed by atoms with Crippen LogP contribution in [0.5, 0.6) is 0 Å². The van der Waals surface area contributed by atoms with E-state index < -0.39 is 10.1 Å². The number of hydrogen-bond acceptors (Lipinski definition) is 2. The minimum atomic E-state index is -4.23. The zero-order chi connectivity index (χ0) is 13.3. The van der Waals surface area contributed by atoms with E-state index in [2.05, 4.69) is 31.9 Å². The largest absolute Gasteiger partial charge is 1.00 e. The van der Waals surface area contributed by atoms with Crippen molar-refractivity contribution >= 4 is 42.0 Å². The van der Waals surface area contributed by atoms with Crippen LogP contribution >= 0.6 is 31.9 Å². The first kappa shape index (κ1) is 17.4. The van der Waals surface area contributed by atoms with Crippen molar-refractivity contribution in [3.63, 3.8) is 0 Å². The Balaban J connectivity index is 0.00000180. The quantitative estimate of drug-likeness (QED) is 0.593. The minimum Gasteiger partial charge on any atom is -1.00 e. The van der Waals surface area contributed by atoms with Gasteiger partial charge in [-0.05, 0) is 39.2 Å². The van der Waals surface area contributed by atoms with Gasteiger partial charge in [0.25, 0.3) is 10.1 Å². The molecule has 0 heterocycles. The van der Waals surface area contributed by atoms with Crippen molar-refractivity contribution in [1.82, 2.24) is 0 Å². The third kappa shape index (κ3) is 4.14. The predicted molar refractivity (Wildman–Crippen MR) is 78.2 cm³/mol. The van der Waals surface area contributed by atoms with Crippen LogP contribution in [0, 0.1) is 0 Å². The summed E-state index contributed by atoms with van der Waals surface area (Å²) in [6.45, 7) is 0. The first-order valence-corrected chi connectivity index (χ1v) is 7.94. The molecule has 2 aromatic carbocycles. The Morgan fingerprint density at radius 1 is 1.00 bits per heavy atom. The average molecular weight is 416 g/mol. The number of benzene rings is 2. The molecule has 2 rings (SSSR count). The van der Waals surface area contributed by atoms with Crippen LogP contribution in [0.15, 0.2) is 56.3 Å². The van der Waals surface area contributed by atoms with Crippen LogP contribution in [0.25, 0.3) is 11.1 Å². The molecule has 19 heavy (non-hydrogen) atoms. The molecule has 0 unspecified atom stereocenters. The predicted octanol–water partition coefficient (Wildman–Crippen LogP) is 1.24. The van der Waals surface area contributed by atoms with Gasteiger partial charge >= 0.3 is 29.6 Å². The molecule has 0 radical (unpaired) electrons. The van der Waals surface area contributed by atoms with Gasteiger partial charge in [-0.1, -0.05) is 46.3 Å². The van der Waals surface area contributed by atoms with Crippen molar-refractivity contribution in [3.8, 4) is 11.1 Å². The second kappa shape index (κ2) is 6.85. The van der Waals surface area contributed by atoms with Crippen molar-refractivity contribution in [3.05, 3.63) is 51.4 Å². The standard InChI is InChI=1S/C12H8Br2O3S.Na.H/c13-10-7-12(18(15,16)17)11(14)6-9(10)8-4-2-1-3-5-8;;/h1-7H,(H,15,16,17);;/q;+1;-1. The van der Waals surface area contributed by atoms with E-state index in [-0.39, 0.29) is 35.9 Å². The summed E-state index contributed by atoms with van der Waals surface area (Å²) in [5.74, 6) is 0. The van der Waals surface area contributed by atoms with E-state index in [1.807, 2.05) is 30.3 Å². The summed E-state index contributed by atoms with van der Waals surface area (Å²) < 4.78 is 32.3. The van der Waals surface area contributed by atoms with E-state index >= 15 is 0 Å². The maximum absolute atomic E-state index is 11.2. The first-order valence-electron chi connectivity index (χ1n) is 4.91. The van der Waals surface area contributed by atoms with Crippen molar-refractivity contribution in [1.29, 1.82) is 0 Å². The van der Waals surface area contributed by atoms with Gasteiger partial charge < -0.3 is 1.43 Å². The van der Waals surface area contributed by atoms with Gasteiger partial charge in [-0.3, -0.25) is 4.55 Å². The van der Waals surface area contributed by atoms with Crippen LogP contribution in [-0.2, 0) is 10.1 Å². The molecule has 96 valence electrons. The molecule has 0 aliphatic carbocycles. The van der Waals surface area contributed by atoms with E-state index in [1.165, 1.54) is 6.07 Å². The molecule has 3 nitrogen and oxygen atoms in total. The van der Waals surface area contributed by atoms with Crippen molar-refractivity contribution in [2.75, 3.05) is 0 Å². The second-order valence-electron chi connectivity index (χ2n) is 3.60. The molecular weight excluding hydrogens is 407 g/mol. The van der Waals surface area contributed by atoms with Gasteiger partial charge in [-0.2, -0.15) is 8.42 Å². The third-order valence-electron chi connectivity index (χ3n) is 2.38. The fourth-order valence-corrected chi connectivity index (χ4v) is 3.82. The van der Waals surface area contributed by atoms with E-state index in [4.69, 9.17) is 4.55 Å². The van der Waals surface area contributed by atoms with Crippen LogP contribution < -0.4 is 29.6 Å². The molecule has 2 aromatic rings. The Morgan fingerprint density at radius 2 is 1.58 bits per heavy atom. The molecule has 0 aliphatic rings. The SMILES string of the molecule is O=S(=O)(O)c1cc(Br)c(-c2ccccc2)cc1Br.[H-].[Na+]. The molecule has 0 aliphatic heterocycles. The van der Waals surface area contributed by atoms with Crippen LogP contribution in [0.4, 0.5) is 0 Å². The molecule has 0 atom stereocenters. The summed E-state index contributed by atoms with van der Waals surface area (Å²) >= 11 is 6.47. The van der Waals surface area contributed by atoms with Crippen molar-refractivity contribution < 1.29 is 44.0 Å². The van der Waals surface area contributed by atoms with E-state index in [9.17, 15) is 8.42 Å². The fraction of sp³-hybridized carbons (Fsp3) is 0. The number of hydrogen-bond donors (Lipinski definition) is 1. The zero-order valence-corrected chi connectivity index (χ0v) is 16.0. The molecule has 1 N–H and O–H groups in total. The number of halogens is 2. The normalized spacial score (nSPS) is 10.9. The van der Waals surface area contributed by atoms with Crippen LogP contribution in [-0.4, -0.2) is 13.0 Å². The maximum Gasteiger partial charge on any atom is 1.00 e. The zero-order valence-electron chi connectivity index (χ0n) is 11.0. The summed E-state index contributed by atoms with van der Waals surface area (Å²) in [5.41, 5.74) is 1.79. The summed E-state index contributed by atoms with van der Waals surface area (Å²) in [7, 11) is -4.23. The molecule has 0 spiro atoms. The van der Waals surface area contributed by atoms with E-state index in [0.717, 1.165) is 11.1 Å². The maximum atomic E-state index is 11.2. The number of rotatable bonds is 2. The van der Waals surface area contributed by atoms with Gasteiger partial charge in [0.15, 0.2) is 0 Å². The molecule has 0 aromatic heterocycles. The fourth-order valence-electron chi connectivity index (χ4n) is 1.57. The second-order valence-corrected chi connectivity index (χ2v) is 6.70. The monoisotopic (exact) mass is 414 g/mol. The Kier molecular flexibility index (Phi) is 6.26. The summed E-state index contributed by atoms with van der Waals surface area (Å²) in [6, 6.07) is 12.6. The third-order valence-corrected chi connectivity index (χ3v) is 4.85. The van der Waals surface area contributed by atoms with Crippen molar-refractivity contribution in [2.45, 2.75) is 4.90 Å². The van der Waals surface area contributed by atoms with Gasteiger partial charge in [0.1, 0.15) is 4.90 Å². The van der Waals surface area contributed by atoms with Gasteiger partial charge in [0, 0.05) is 8.95 Å².